The van der Waals surface area contributed by atoms with Gasteiger partial charge >= 0.3 is 6.03 Å². The van der Waals surface area contributed by atoms with Crippen molar-refractivity contribution in [2.45, 2.75) is 20.3 Å². The van der Waals surface area contributed by atoms with Gasteiger partial charge in [-0.1, -0.05) is 25.1 Å². The summed E-state index contributed by atoms with van der Waals surface area (Å²) < 4.78 is 40.1. The average molecular weight is 377 g/mol. The molecule has 1 heterocycles. The molecule has 0 bridgehead atoms. The van der Waals surface area contributed by atoms with Crippen LogP contribution < -0.4 is 10.2 Å². The number of urea groups is 1. The minimum absolute atomic E-state index is 0.367. The van der Waals surface area contributed by atoms with E-state index >= 15 is 0 Å². The molecule has 2 aromatic rings. The molecule has 3 rings (SSSR count). The topological polar surface area (TPSA) is 35.6 Å². The molecule has 2 aromatic carbocycles. The Bertz CT molecular complexity index is 849. The highest BCUT2D eigenvalue weighted by Crippen LogP contribution is 2.27. The first-order valence-corrected chi connectivity index (χ1v) is 8.95. The SMILES string of the molecule is CCc1cccc(C)c1N1CCN(C(=O)Nc2ccc(F)c(F)c2F)CC1. The van der Waals surface area contributed by atoms with Crippen molar-refractivity contribution in [3.63, 3.8) is 0 Å². The van der Waals surface area contributed by atoms with Gasteiger partial charge in [-0.3, -0.25) is 0 Å². The quantitative estimate of drug-likeness (QED) is 0.809. The molecule has 1 aliphatic rings. The maximum absolute atomic E-state index is 13.7. The Hall–Kier alpha value is -2.70. The molecular formula is C20H22F3N3O. The van der Waals surface area contributed by atoms with Crippen molar-refractivity contribution in [3.05, 3.63) is 58.9 Å². The first-order valence-electron chi connectivity index (χ1n) is 8.95. The largest absolute Gasteiger partial charge is 0.368 e. The average Bonchev–Trinajstić information content (AvgIpc) is 2.68. The number of anilines is 2. The van der Waals surface area contributed by atoms with Crippen molar-refractivity contribution in [1.82, 2.24) is 4.90 Å². The van der Waals surface area contributed by atoms with Gasteiger partial charge in [-0.05, 0) is 36.6 Å². The molecule has 0 radical (unpaired) electrons. The number of rotatable bonds is 3. The lowest BCUT2D eigenvalue weighted by atomic mass is 10.0. The van der Waals surface area contributed by atoms with Gasteiger partial charge < -0.3 is 15.1 Å². The van der Waals surface area contributed by atoms with E-state index in [4.69, 9.17) is 0 Å². The molecule has 4 nitrogen and oxygen atoms in total. The van der Waals surface area contributed by atoms with E-state index in [0.717, 1.165) is 18.6 Å². The van der Waals surface area contributed by atoms with E-state index in [1.807, 2.05) is 6.07 Å². The number of nitrogens with one attached hydrogen (secondary N) is 1. The van der Waals surface area contributed by atoms with E-state index in [1.165, 1.54) is 16.8 Å². The maximum Gasteiger partial charge on any atom is 0.322 e. The normalized spacial score (nSPS) is 14.4. The fourth-order valence-corrected chi connectivity index (χ4v) is 3.41. The summed E-state index contributed by atoms with van der Waals surface area (Å²) in [5.74, 6) is -4.28. The predicted octanol–water partition coefficient (Wildman–Crippen LogP) is 4.33. The first-order chi connectivity index (χ1) is 12.9. The van der Waals surface area contributed by atoms with E-state index in [0.29, 0.717) is 26.2 Å². The lowest BCUT2D eigenvalue weighted by Crippen LogP contribution is -2.50. The second-order valence-electron chi connectivity index (χ2n) is 6.56. The zero-order valence-corrected chi connectivity index (χ0v) is 15.4. The maximum atomic E-state index is 13.7. The summed E-state index contributed by atoms with van der Waals surface area (Å²) in [6.45, 7) is 6.37. The van der Waals surface area contributed by atoms with E-state index in [2.05, 4.69) is 36.2 Å². The van der Waals surface area contributed by atoms with E-state index in [9.17, 15) is 18.0 Å². The molecule has 27 heavy (non-hydrogen) atoms. The van der Waals surface area contributed by atoms with Crippen molar-refractivity contribution in [2.75, 3.05) is 36.4 Å². The van der Waals surface area contributed by atoms with Gasteiger partial charge in [0.05, 0.1) is 5.69 Å². The van der Waals surface area contributed by atoms with Crippen LogP contribution in [0, 0.1) is 24.4 Å². The molecule has 2 amide bonds. The summed E-state index contributed by atoms with van der Waals surface area (Å²) in [4.78, 5) is 16.2. The molecule has 144 valence electrons. The number of hydrogen-bond acceptors (Lipinski definition) is 2. The zero-order chi connectivity index (χ0) is 19.6. The van der Waals surface area contributed by atoms with Crippen molar-refractivity contribution in [1.29, 1.82) is 0 Å². The van der Waals surface area contributed by atoms with Crippen LogP contribution in [-0.4, -0.2) is 37.1 Å². The van der Waals surface area contributed by atoms with Crippen molar-refractivity contribution in [2.24, 2.45) is 0 Å². The Morgan fingerprint density at radius 3 is 2.41 bits per heavy atom. The third-order valence-electron chi connectivity index (χ3n) is 4.86. The Kier molecular flexibility index (Phi) is 5.58. The van der Waals surface area contributed by atoms with Crippen molar-refractivity contribution >= 4 is 17.4 Å². The number of piperazine rings is 1. The van der Waals surface area contributed by atoms with Crippen LogP contribution in [0.4, 0.5) is 29.3 Å². The van der Waals surface area contributed by atoms with Gasteiger partial charge in [0.25, 0.3) is 0 Å². The molecule has 0 aromatic heterocycles. The highest BCUT2D eigenvalue weighted by molar-refractivity contribution is 5.89. The van der Waals surface area contributed by atoms with Gasteiger partial charge in [0.1, 0.15) is 0 Å². The number of halogens is 3. The minimum atomic E-state index is -1.59. The molecule has 0 saturated carbocycles. The fourth-order valence-electron chi connectivity index (χ4n) is 3.41. The van der Waals surface area contributed by atoms with Gasteiger partial charge in [-0.25, -0.2) is 18.0 Å². The molecule has 1 fully saturated rings. The lowest BCUT2D eigenvalue weighted by Gasteiger charge is -2.37. The molecule has 7 heteroatoms. The van der Waals surface area contributed by atoms with Crippen LogP contribution in [0.3, 0.4) is 0 Å². The lowest BCUT2D eigenvalue weighted by molar-refractivity contribution is 0.208. The Balaban J connectivity index is 1.66. The predicted molar refractivity (Wildman–Crippen MR) is 99.7 cm³/mol. The van der Waals surface area contributed by atoms with E-state index < -0.39 is 23.5 Å². The second kappa shape index (κ2) is 7.90. The molecule has 0 aliphatic carbocycles. The van der Waals surface area contributed by atoms with Crippen LogP contribution in [0.1, 0.15) is 18.1 Å². The summed E-state index contributed by atoms with van der Waals surface area (Å²) in [6.07, 6.45) is 0.924. The smallest absolute Gasteiger partial charge is 0.322 e. The number of hydrogen-bond donors (Lipinski definition) is 1. The van der Waals surface area contributed by atoms with Crippen LogP contribution in [0.2, 0.25) is 0 Å². The summed E-state index contributed by atoms with van der Waals surface area (Å²) in [5.41, 5.74) is 3.29. The van der Waals surface area contributed by atoms with Crippen molar-refractivity contribution in [3.8, 4) is 0 Å². The number of carbonyl (C=O) groups is 1. The molecule has 0 spiro atoms. The molecule has 0 unspecified atom stereocenters. The first kappa shape index (κ1) is 19.1. The monoisotopic (exact) mass is 377 g/mol. The molecular weight excluding hydrogens is 355 g/mol. The van der Waals surface area contributed by atoms with E-state index in [-0.39, 0.29) is 5.69 Å². The number of benzene rings is 2. The minimum Gasteiger partial charge on any atom is -0.368 e. The summed E-state index contributed by atoms with van der Waals surface area (Å²) in [5, 5.41) is 2.32. The van der Waals surface area contributed by atoms with Crippen LogP contribution in [-0.2, 0) is 6.42 Å². The number of amides is 2. The summed E-state index contributed by atoms with van der Waals surface area (Å²) >= 11 is 0. The number of para-hydroxylation sites is 1. The van der Waals surface area contributed by atoms with Crippen molar-refractivity contribution < 1.29 is 18.0 Å². The number of aryl methyl sites for hydroxylation is 2. The zero-order valence-electron chi connectivity index (χ0n) is 15.4. The van der Waals surface area contributed by atoms with Gasteiger partial charge in [0.15, 0.2) is 17.5 Å². The van der Waals surface area contributed by atoms with Crippen LogP contribution in [0.25, 0.3) is 0 Å². The summed E-state index contributed by atoms with van der Waals surface area (Å²) in [7, 11) is 0. The molecule has 1 saturated heterocycles. The van der Waals surface area contributed by atoms with Gasteiger partial charge in [0.2, 0.25) is 0 Å². The number of carbonyl (C=O) groups excluding carboxylic acids is 1. The highest BCUT2D eigenvalue weighted by Gasteiger charge is 2.24. The van der Waals surface area contributed by atoms with Gasteiger partial charge in [-0.2, -0.15) is 0 Å². The van der Waals surface area contributed by atoms with E-state index in [1.54, 1.807) is 4.90 Å². The fraction of sp³-hybridized carbons (Fsp3) is 0.350. The van der Waals surface area contributed by atoms with Crippen LogP contribution >= 0.6 is 0 Å². The third-order valence-corrected chi connectivity index (χ3v) is 4.86. The Labute approximate surface area is 156 Å². The van der Waals surface area contributed by atoms with Gasteiger partial charge in [0, 0.05) is 31.9 Å². The second-order valence-corrected chi connectivity index (χ2v) is 6.56. The standard InChI is InChI=1S/C20H22F3N3O/c1-3-14-6-4-5-13(2)19(14)25-9-11-26(12-10-25)20(27)24-16-8-7-15(21)17(22)18(16)23/h4-8H,3,9-12H2,1-2H3,(H,24,27). The van der Waals surface area contributed by atoms with Crippen LogP contribution in [0.15, 0.2) is 30.3 Å². The van der Waals surface area contributed by atoms with Gasteiger partial charge in [-0.15, -0.1) is 0 Å². The molecule has 0 atom stereocenters. The number of nitrogens with zero attached hydrogens (tertiary/aromatic N) is 2. The van der Waals surface area contributed by atoms with Crippen LogP contribution in [0.5, 0.6) is 0 Å². The Morgan fingerprint density at radius 1 is 1.04 bits per heavy atom. The Morgan fingerprint density at radius 2 is 1.74 bits per heavy atom. The molecule has 1 N–H and O–H groups in total. The third kappa shape index (κ3) is 3.86. The summed E-state index contributed by atoms with van der Waals surface area (Å²) in [6, 6.07) is 7.49. The molecule has 1 aliphatic heterocycles. The highest BCUT2D eigenvalue weighted by atomic mass is 19.2.